The van der Waals surface area contributed by atoms with Crippen molar-refractivity contribution in [1.29, 1.82) is 0 Å². The maximum absolute atomic E-state index is 12.3. The van der Waals surface area contributed by atoms with Gasteiger partial charge in [-0.15, -0.1) is 11.8 Å². The van der Waals surface area contributed by atoms with E-state index in [9.17, 15) is 14.4 Å². The Balaban J connectivity index is 2.64. The Morgan fingerprint density at radius 3 is 2.32 bits per heavy atom. The highest BCUT2D eigenvalue weighted by Crippen LogP contribution is 2.26. The van der Waals surface area contributed by atoms with E-state index in [0.717, 1.165) is 0 Å². The minimum absolute atomic E-state index is 0.0323. The molecule has 126 valence electrons. The molecule has 0 aromatic carbocycles. The minimum atomic E-state index is -1.03. The maximum Gasteiger partial charge on any atom is 0.310 e. The molecule has 1 unspecified atom stereocenters. The molecule has 1 aliphatic rings. The van der Waals surface area contributed by atoms with Crippen LogP contribution in [0.5, 0.6) is 0 Å². The van der Waals surface area contributed by atoms with Gasteiger partial charge in [-0.2, -0.15) is 0 Å². The second-order valence-electron chi connectivity index (χ2n) is 7.52. The van der Waals surface area contributed by atoms with E-state index in [1.807, 2.05) is 20.8 Å². The zero-order valence-electron chi connectivity index (χ0n) is 13.9. The smallest absolute Gasteiger partial charge is 0.310 e. The van der Waals surface area contributed by atoms with Crippen molar-refractivity contribution in [3.8, 4) is 0 Å². The SMILES string of the molecule is CC(C)(C)CC(=O)N1CSCC1C(=O)NCC(C)(C)C(=O)O. The average molecular weight is 330 g/mol. The predicted octanol–water partition coefficient (Wildman–Crippen LogP) is 1.55. The number of carbonyl (C=O) groups is 3. The number of hydrogen-bond acceptors (Lipinski definition) is 4. The molecular formula is C15H26N2O4S. The molecule has 0 aromatic heterocycles. The second kappa shape index (κ2) is 6.89. The third kappa shape index (κ3) is 5.19. The first-order valence-corrected chi connectivity index (χ1v) is 8.48. The molecule has 1 fully saturated rings. The van der Waals surface area contributed by atoms with Gasteiger partial charge in [-0.1, -0.05) is 20.8 Å². The highest BCUT2D eigenvalue weighted by Gasteiger charge is 2.37. The van der Waals surface area contributed by atoms with E-state index in [-0.39, 0.29) is 23.8 Å². The maximum atomic E-state index is 12.3. The zero-order valence-corrected chi connectivity index (χ0v) is 14.7. The number of rotatable bonds is 5. The van der Waals surface area contributed by atoms with Crippen molar-refractivity contribution in [3.63, 3.8) is 0 Å². The van der Waals surface area contributed by atoms with Gasteiger partial charge in [0.05, 0.1) is 11.3 Å². The molecule has 1 aliphatic heterocycles. The van der Waals surface area contributed by atoms with Crippen LogP contribution in [0.15, 0.2) is 0 Å². The van der Waals surface area contributed by atoms with Crippen LogP contribution in [0.4, 0.5) is 0 Å². The third-order valence-corrected chi connectivity index (χ3v) is 4.48. The molecule has 6 nitrogen and oxygen atoms in total. The molecule has 0 bridgehead atoms. The Kier molecular flexibility index (Phi) is 5.89. The lowest BCUT2D eigenvalue weighted by molar-refractivity contribution is -0.147. The Bertz CT molecular complexity index is 457. The largest absolute Gasteiger partial charge is 0.481 e. The van der Waals surface area contributed by atoms with Crippen LogP contribution in [-0.2, 0) is 14.4 Å². The van der Waals surface area contributed by atoms with Gasteiger partial charge < -0.3 is 15.3 Å². The highest BCUT2D eigenvalue weighted by molar-refractivity contribution is 7.99. The molecule has 2 amide bonds. The molecule has 1 saturated heterocycles. The summed E-state index contributed by atoms with van der Waals surface area (Å²) in [6.45, 7) is 9.11. The normalized spacial score (nSPS) is 19.1. The van der Waals surface area contributed by atoms with Gasteiger partial charge in [-0.05, 0) is 19.3 Å². The fourth-order valence-corrected chi connectivity index (χ4v) is 3.14. The fraction of sp³-hybridized carbons (Fsp3) is 0.800. The van der Waals surface area contributed by atoms with Crippen molar-refractivity contribution < 1.29 is 19.5 Å². The van der Waals surface area contributed by atoms with Gasteiger partial charge in [0, 0.05) is 18.7 Å². The highest BCUT2D eigenvalue weighted by atomic mass is 32.2. The molecule has 0 saturated carbocycles. The van der Waals surface area contributed by atoms with E-state index in [1.54, 1.807) is 30.5 Å². The molecule has 1 atom stereocenters. The first-order valence-electron chi connectivity index (χ1n) is 7.32. The molecule has 0 aliphatic carbocycles. The predicted molar refractivity (Wildman–Crippen MR) is 86.5 cm³/mol. The summed E-state index contributed by atoms with van der Waals surface area (Å²) in [7, 11) is 0. The van der Waals surface area contributed by atoms with Crippen molar-refractivity contribution in [1.82, 2.24) is 10.2 Å². The lowest BCUT2D eigenvalue weighted by Gasteiger charge is -2.28. The first-order chi connectivity index (χ1) is 9.94. The summed E-state index contributed by atoms with van der Waals surface area (Å²) in [5.74, 6) is -0.212. The van der Waals surface area contributed by atoms with Gasteiger partial charge in [0.1, 0.15) is 6.04 Å². The number of thioether (sulfide) groups is 1. The Hall–Kier alpha value is -1.24. The molecule has 2 N–H and O–H groups in total. The van der Waals surface area contributed by atoms with E-state index in [0.29, 0.717) is 18.1 Å². The van der Waals surface area contributed by atoms with Crippen LogP contribution < -0.4 is 5.32 Å². The summed E-state index contributed by atoms with van der Waals surface area (Å²) in [6.07, 6.45) is 0.387. The molecule has 7 heteroatoms. The van der Waals surface area contributed by atoms with Gasteiger partial charge in [0.15, 0.2) is 0 Å². The monoisotopic (exact) mass is 330 g/mol. The van der Waals surface area contributed by atoms with Gasteiger partial charge >= 0.3 is 5.97 Å². The summed E-state index contributed by atoms with van der Waals surface area (Å²) < 4.78 is 0. The number of carboxylic acid groups (broad SMARTS) is 1. The molecule has 0 spiro atoms. The van der Waals surface area contributed by atoms with E-state index in [2.05, 4.69) is 5.32 Å². The number of carbonyl (C=O) groups excluding carboxylic acids is 2. The van der Waals surface area contributed by atoms with Gasteiger partial charge in [-0.3, -0.25) is 14.4 Å². The van der Waals surface area contributed by atoms with Crippen molar-refractivity contribution in [2.75, 3.05) is 18.2 Å². The van der Waals surface area contributed by atoms with Crippen LogP contribution in [0.1, 0.15) is 41.0 Å². The molecule has 22 heavy (non-hydrogen) atoms. The molecular weight excluding hydrogens is 304 g/mol. The molecule has 1 heterocycles. The minimum Gasteiger partial charge on any atom is -0.481 e. The summed E-state index contributed by atoms with van der Waals surface area (Å²) in [4.78, 5) is 37.3. The standard InChI is InChI=1S/C15H26N2O4S/c1-14(2,3)6-11(18)17-9-22-7-10(17)12(19)16-8-15(4,5)13(20)21/h10H,6-9H2,1-5H3,(H,16,19)(H,20,21). The Morgan fingerprint density at radius 1 is 1.23 bits per heavy atom. The zero-order chi connectivity index (χ0) is 17.1. The summed E-state index contributed by atoms with van der Waals surface area (Å²) >= 11 is 1.54. The van der Waals surface area contributed by atoms with Gasteiger partial charge in [0.25, 0.3) is 0 Å². The first kappa shape index (κ1) is 18.8. The average Bonchev–Trinajstić information content (AvgIpc) is 2.83. The summed E-state index contributed by atoms with van der Waals surface area (Å²) in [5.41, 5.74) is -1.15. The Labute approximate surface area is 136 Å². The van der Waals surface area contributed by atoms with Crippen LogP contribution in [0.3, 0.4) is 0 Å². The topological polar surface area (TPSA) is 86.7 Å². The fourth-order valence-electron chi connectivity index (χ4n) is 1.96. The number of aliphatic carboxylic acids is 1. The van der Waals surface area contributed by atoms with Gasteiger partial charge in [-0.25, -0.2) is 0 Å². The van der Waals surface area contributed by atoms with Crippen LogP contribution in [0.25, 0.3) is 0 Å². The summed E-state index contributed by atoms with van der Waals surface area (Å²) in [6, 6.07) is -0.510. The third-order valence-electron chi connectivity index (χ3n) is 3.47. The second-order valence-corrected chi connectivity index (χ2v) is 8.52. The van der Waals surface area contributed by atoms with E-state index in [4.69, 9.17) is 5.11 Å². The number of hydrogen-bond donors (Lipinski definition) is 2. The van der Waals surface area contributed by atoms with Crippen molar-refractivity contribution in [2.24, 2.45) is 10.8 Å². The molecule has 0 radical (unpaired) electrons. The van der Waals surface area contributed by atoms with Crippen LogP contribution in [0.2, 0.25) is 0 Å². The quantitative estimate of drug-likeness (QED) is 0.799. The van der Waals surface area contributed by atoms with Crippen molar-refractivity contribution >= 4 is 29.5 Å². The van der Waals surface area contributed by atoms with Crippen molar-refractivity contribution in [2.45, 2.75) is 47.1 Å². The molecule has 1 rings (SSSR count). The Morgan fingerprint density at radius 2 is 1.82 bits per heavy atom. The number of carboxylic acids is 1. The number of nitrogens with one attached hydrogen (secondary N) is 1. The van der Waals surface area contributed by atoms with E-state index >= 15 is 0 Å². The van der Waals surface area contributed by atoms with Crippen molar-refractivity contribution in [3.05, 3.63) is 0 Å². The number of nitrogens with zero attached hydrogens (tertiary/aromatic N) is 1. The van der Waals surface area contributed by atoms with Crippen LogP contribution in [0, 0.1) is 10.8 Å². The van der Waals surface area contributed by atoms with Gasteiger partial charge in [0.2, 0.25) is 11.8 Å². The van der Waals surface area contributed by atoms with E-state index in [1.165, 1.54) is 0 Å². The lowest BCUT2D eigenvalue weighted by Crippen LogP contribution is -2.50. The van der Waals surface area contributed by atoms with E-state index < -0.39 is 17.4 Å². The number of amides is 2. The summed E-state index contributed by atoms with van der Waals surface area (Å²) in [5, 5.41) is 11.7. The van der Waals surface area contributed by atoms with Crippen LogP contribution >= 0.6 is 11.8 Å². The molecule has 0 aromatic rings. The van der Waals surface area contributed by atoms with Crippen LogP contribution in [-0.4, -0.2) is 52.0 Å². The lowest BCUT2D eigenvalue weighted by atomic mass is 9.91.